The molecule has 1 fully saturated rings. The Hall–Kier alpha value is -2.17. The van der Waals surface area contributed by atoms with Gasteiger partial charge >= 0.3 is 0 Å². The zero-order chi connectivity index (χ0) is 21.9. The molecule has 0 amide bonds. The van der Waals surface area contributed by atoms with Gasteiger partial charge < -0.3 is 31.5 Å². The summed E-state index contributed by atoms with van der Waals surface area (Å²) in [5, 5.41) is 47.9. The van der Waals surface area contributed by atoms with Gasteiger partial charge in [0.05, 0.1) is 24.4 Å². The number of aliphatic hydroxyl groups is 4. The largest absolute Gasteiger partial charge is 0.403 e. The summed E-state index contributed by atoms with van der Waals surface area (Å²) in [4.78, 5) is 1.86. The van der Waals surface area contributed by atoms with Crippen molar-refractivity contribution in [2.24, 2.45) is 10.8 Å². The number of nitrogens with two attached hydrogens (primary N) is 1. The van der Waals surface area contributed by atoms with Crippen LogP contribution in [0.1, 0.15) is 25.7 Å². The van der Waals surface area contributed by atoms with Gasteiger partial charge in [-0.15, -0.1) is 0 Å². The van der Waals surface area contributed by atoms with E-state index in [1.54, 1.807) is 11.2 Å². The van der Waals surface area contributed by atoms with Gasteiger partial charge in [-0.1, -0.05) is 12.8 Å². The molecule has 1 aliphatic rings. The third kappa shape index (κ3) is 6.68. The van der Waals surface area contributed by atoms with Gasteiger partial charge in [-0.2, -0.15) is 5.10 Å². The lowest BCUT2D eigenvalue weighted by atomic mass is 9.94. The molecule has 9 nitrogen and oxygen atoms in total. The highest BCUT2D eigenvalue weighted by Gasteiger charge is 2.40. The van der Waals surface area contributed by atoms with E-state index < -0.39 is 24.4 Å². The molecule has 9 heteroatoms. The van der Waals surface area contributed by atoms with Gasteiger partial charge in [-0.3, -0.25) is 4.90 Å². The van der Waals surface area contributed by atoms with Gasteiger partial charge in [0.2, 0.25) is 0 Å². The maximum atomic E-state index is 10.0. The van der Waals surface area contributed by atoms with Crippen molar-refractivity contribution in [3.8, 4) is 0 Å². The minimum absolute atomic E-state index is 0.239. The van der Waals surface area contributed by atoms with Crippen molar-refractivity contribution < 1.29 is 20.4 Å². The van der Waals surface area contributed by atoms with Crippen LogP contribution in [0.15, 0.2) is 41.8 Å². The van der Waals surface area contributed by atoms with Crippen LogP contribution >= 0.6 is 0 Å². The van der Waals surface area contributed by atoms with Gasteiger partial charge in [-0.05, 0) is 43.7 Å². The fraction of sp³-hybridized carbons (Fsp3) is 0.571. The molecule has 0 aromatic heterocycles. The van der Waals surface area contributed by atoms with Crippen LogP contribution in [-0.4, -0.2) is 82.6 Å². The molecule has 0 aliphatic carbocycles. The molecule has 1 aromatic carbocycles. The summed E-state index contributed by atoms with van der Waals surface area (Å²) in [5.41, 5.74) is 7.30. The van der Waals surface area contributed by atoms with E-state index in [-0.39, 0.29) is 13.2 Å². The van der Waals surface area contributed by atoms with E-state index in [0.717, 1.165) is 43.6 Å². The van der Waals surface area contributed by atoms with Gasteiger partial charge in [0.1, 0.15) is 12.2 Å². The van der Waals surface area contributed by atoms with Crippen molar-refractivity contribution in [3.05, 3.63) is 36.7 Å². The minimum Gasteiger partial charge on any atom is -0.403 e. The molecular weight excluding hydrogens is 386 g/mol. The molecule has 0 radical (unpaired) electrons. The monoisotopic (exact) mass is 421 g/mol. The van der Waals surface area contributed by atoms with E-state index in [2.05, 4.69) is 17.1 Å². The minimum atomic E-state index is -1.20. The van der Waals surface area contributed by atoms with Crippen LogP contribution < -0.4 is 16.1 Å². The number of β-amino-alcohol motifs (C(OH)–C–C–N with tert-alkyl or cyclic N) is 1. The second kappa shape index (κ2) is 12.5. The number of likely N-dealkylation sites (tertiary alicyclic amines) is 1. The highest BCUT2D eigenvalue weighted by atomic mass is 16.4. The van der Waals surface area contributed by atoms with Crippen molar-refractivity contribution in [1.29, 1.82) is 0 Å². The predicted octanol–water partition coefficient (Wildman–Crippen LogP) is 0.270. The van der Waals surface area contributed by atoms with E-state index in [1.807, 2.05) is 29.2 Å². The Labute approximate surface area is 178 Å². The Morgan fingerprint density at radius 2 is 1.83 bits per heavy atom. The summed E-state index contributed by atoms with van der Waals surface area (Å²) in [6, 6.07) is 7.31. The number of benzene rings is 1. The summed E-state index contributed by atoms with van der Waals surface area (Å²) < 4.78 is 0. The smallest absolute Gasteiger partial charge is 0.109 e. The second-order valence-corrected chi connectivity index (χ2v) is 7.51. The molecule has 0 bridgehead atoms. The third-order valence-corrected chi connectivity index (χ3v) is 5.43. The maximum absolute atomic E-state index is 10.0. The number of rotatable bonds is 12. The number of piperidine rings is 1. The quantitative estimate of drug-likeness (QED) is 0.161. The van der Waals surface area contributed by atoms with Crippen LogP contribution in [0.5, 0.6) is 0 Å². The highest BCUT2D eigenvalue weighted by molar-refractivity contribution is 5.56. The number of nitrogens with zero attached hydrogens (tertiary/aromatic N) is 3. The normalized spacial score (nSPS) is 24.8. The fourth-order valence-corrected chi connectivity index (χ4v) is 3.69. The number of hydrogen-bond acceptors (Lipinski definition) is 9. The molecule has 1 saturated heterocycles. The Morgan fingerprint density at radius 1 is 1.13 bits per heavy atom. The van der Waals surface area contributed by atoms with E-state index in [1.165, 1.54) is 6.20 Å². The Kier molecular flexibility index (Phi) is 10.0. The summed E-state index contributed by atoms with van der Waals surface area (Å²) in [6.45, 7) is 5.07. The van der Waals surface area contributed by atoms with Crippen LogP contribution in [0, 0.1) is 0 Å². The first-order valence-electron chi connectivity index (χ1n) is 10.4. The van der Waals surface area contributed by atoms with Gasteiger partial charge in [0.25, 0.3) is 0 Å². The zero-order valence-electron chi connectivity index (χ0n) is 17.3. The Bertz CT molecular complexity index is 657. The topological polar surface area (TPSA) is 138 Å². The van der Waals surface area contributed by atoms with Crippen molar-refractivity contribution >= 4 is 18.1 Å². The lowest BCUT2D eigenvalue weighted by Gasteiger charge is -2.43. The first kappa shape index (κ1) is 24.1. The van der Waals surface area contributed by atoms with Crippen LogP contribution in [0.2, 0.25) is 0 Å². The molecule has 4 atom stereocenters. The maximum Gasteiger partial charge on any atom is 0.109 e. The summed E-state index contributed by atoms with van der Waals surface area (Å²) in [6.07, 6.45) is 3.70. The van der Waals surface area contributed by atoms with Gasteiger partial charge in [0, 0.05) is 37.9 Å². The molecule has 7 N–H and O–H groups in total. The third-order valence-electron chi connectivity index (χ3n) is 5.43. The predicted molar refractivity (Wildman–Crippen MR) is 119 cm³/mol. The van der Waals surface area contributed by atoms with Gasteiger partial charge in [-0.25, -0.2) is 5.01 Å². The van der Waals surface area contributed by atoms with Crippen molar-refractivity contribution in [3.63, 3.8) is 0 Å². The summed E-state index contributed by atoms with van der Waals surface area (Å²) >= 11 is 0. The molecule has 30 heavy (non-hydrogen) atoms. The Morgan fingerprint density at radius 3 is 2.47 bits per heavy atom. The first-order chi connectivity index (χ1) is 14.5. The number of anilines is 2. The molecule has 1 aromatic rings. The number of hydrazone groups is 1. The molecule has 0 spiro atoms. The van der Waals surface area contributed by atoms with Crippen molar-refractivity contribution in [2.75, 3.05) is 36.6 Å². The molecule has 0 unspecified atom stereocenters. The average Bonchev–Trinajstić information content (AvgIpc) is 2.76. The summed E-state index contributed by atoms with van der Waals surface area (Å²) in [5.74, 6) is 0. The number of nitrogens with one attached hydrogen (secondary N) is 1. The van der Waals surface area contributed by atoms with Crippen LogP contribution in [0.3, 0.4) is 0 Å². The van der Waals surface area contributed by atoms with E-state index in [0.29, 0.717) is 6.54 Å². The SMILES string of the molecule is C=NN(/C=C\N)c1ccc(NCCCCCCN2C[C@H](O)[C@@H](O)[C@H](O)[C@H]2CO)cc1. The van der Waals surface area contributed by atoms with E-state index in [4.69, 9.17) is 5.73 Å². The number of hydrogen-bond donors (Lipinski definition) is 6. The zero-order valence-corrected chi connectivity index (χ0v) is 17.3. The van der Waals surface area contributed by atoms with E-state index >= 15 is 0 Å². The number of aliphatic hydroxyl groups excluding tert-OH is 4. The highest BCUT2D eigenvalue weighted by Crippen LogP contribution is 2.20. The molecule has 168 valence electrons. The standard InChI is InChI=1S/C21H35N5O4/c1-23-26(13-10-22)17-8-6-16(7-9-17)24-11-4-2-3-5-12-25-14-19(28)21(30)20(29)18(25)15-27/h6-10,13,18-21,24,27-30H,1-5,11-12,14-15,22H2/b13-10-/t18-,19+,20-,21-/m1/s1. The van der Waals surface area contributed by atoms with Gasteiger partial charge in [0.15, 0.2) is 0 Å². The Balaban J connectivity index is 1.63. The molecule has 2 rings (SSSR count). The van der Waals surface area contributed by atoms with E-state index in [9.17, 15) is 20.4 Å². The van der Waals surface area contributed by atoms with Crippen LogP contribution in [0.25, 0.3) is 0 Å². The van der Waals surface area contributed by atoms with Crippen LogP contribution in [-0.2, 0) is 0 Å². The second-order valence-electron chi connectivity index (χ2n) is 7.51. The van der Waals surface area contributed by atoms with Crippen LogP contribution in [0.4, 0.5) is 11.4 Å². The lowest BCUT2D eigenvalue weighted by Crippen LogP contribution is -2.62. The molecular formula is C21H35N5O4. The lowest BCUT2D eigenvalue weighted by molar-refractivity contribution is -0.145. The molecule has 1 aliphatic heterocycles. The first-order valence-corrected chi connectivity index (χ1v) is 10.4. The fourth-order valence-electron chi connectivity index (χ4n) is 3.69. The average molecular weight is 422 g/mol. The molecule has 1 heterocycles. The molecule has 0 saturated carbocycles. The number of unbranched alkanes of at least 4 members (excludes halogenated alkanes) is 3. The van der Waals surface area contributed by atoms with Crippen molar-refractivity contribution in [2.45, 2.75) is 50.0 Å². The van der Waals surface area contributed by atoms with Crippen molar-refractivity contribution in [1.82, 2.24) is 4.90 Å². The summed E-state index contributed by atoms with van der Waals surface area (Å²) in [7, 11) is 0.